The fourth-order valence-corrected chi connectivity index (χ4v) is 5.11. The van der Waals surface area contributed by atoms with Gasteiger partial charge in [0.2, 0.25) is 0 Å². The second kappa shape index (κ2) is 12.2. The summed E-state index contributed by atoms with van der Waals surface area (Å²) >= 11 is 12.6. The molecule has 0 saturated carbocycles. The van der Waals surface area contributed by atoms with Crippen LogP contribution in [0.1, 0.15) is 11.1 Å². The molecule has 9 heteroatoms. The van der Waals surface area contributed by atoms with Crippen molar-refractivity contribution in [3.05, 3.63) is 87.5 Å². The standard InChI is InChI=1S/C22H17ClI3N3O2/c23-16-3-1-14(2-4-16)13-31-22-19(25)9-15(10-20(22)26)11-28-29-21(30)12-27-18-7-5-17(24)6-8-18/h1-11,27H,12-13H2,(H,29,30)/b28-11-. The molecule has 0 atom stereocenters. The van der Waals surface area contributed by atoms with Gasteiger partial charge in [0.05, 0.1) is 19.9 Å². The van der Waals surface area contributed by atoms with E-state index in [0.717, 1.165) is 33.3 Å². The molecule has 31 heavy (non-hydrogen) atoms. The number of halogens is 4. The molecule has 0 radical (unpaired) electrons. The Morgan fingerprint density at radius 2 is 1.65 bits per heavy atom. The number of hydrogen-bond acceptors (Lipinski definition) is 4. The number of amides is 1. The first-order valence-electron chi connectivity index (χ1n) is 9.08. The second-order valence-electron chi connectivity index (χ2n) is 6.38. The van der Waals surface area contributed by atoms with Crippen LogP contribution in [0.5, 0.6) is 5.75 Å². The van der Waals surface area contributed by atoms with Crippen LogP contribution < -0.4 is 15.5 Å². The van der Waals surface area contributed by atoms with Crippen molar-refractivity contribution in [3.8, 4) is 5.75 Å². The number of anilines is 1. The van der Waals surface area contributed by atoms with Gasteiger partial charge in [-0.2, -0.15) is 5.10 Å². The maximum Gasteiger partial charge on any atom is 0.259 e. The molecule has 0 bridgehead atoms. The molecule has 0 aliphatic heterocycles. The lowest BCUT2D eigenvalue weighted by molar-refractivity contribution is -0.119. The maximum absolute atomic E-state index is 12.0. The van der Waals surface area contributed by atoms with Crippen molar-refractivity contribution in [2.24, 2.45) is 5.10 Å². The van der Waals surface area contributed by atoms with Crippen LogP contribution in [-0.4, -0.2) is 18.7 Å². The summed E-state index contributed by atoms with van der Waals surface area (Å²) in [6.45, 7) is 0.602. The van der Waals surface area contributed by atoms with Gasteiger partial charge < -0.3 is 10.1 Å². The molecule has 0 saturated heterocycles. The molecule has 2 N–H and O–H groups in total. The first-order valence-corrected chi connectivity index (χ1v) is 12.7. The SMILES string of the molecule is O=C(CNc1ccc(I)cc1)N/N=C\c1cc(I)c(OCc2ccc(Cl)cc2)c(I)c1. The van der Waals surface area contributed by atoms with Gasteiger partial charge in [-0.25, -0.2) is 5.43 Å². The Kier molecular flexibility index (Phi) is 9.66. The molecule has 0 unspecified atom stereocenters. The fraction of sp³-hybridized carbons (Fsp3) is 0.0909. The summed E-state index contributed by atoms with van der Waals surface area (Å²) < 4.78 is 9.06. The molecular formula is C22H17ClI3N3O2. The van der Waals surface area contributed by atoms with E-state index >= 15 is 0 Å². The smallest absolute Gasteiger partial charge is 0.259 e. The van der Waals surface area contributed by atoms with Crippen LogP contribution in [0.15, 0.2) is 65.8 Å². The van der Waals surface area contributed by atoms with E-state index in [1.165, 1.54) is 0 Å². The number of nitrogens with one attached hydrogen (secondary N) is 2. The predicted octanol–water partition coefficient (Wildman–Crippen LogP) is 6.30. The number of carbonyl (C=O) groups excluding carboxylic acids is 1. The fourth-order valence-electron chi connectivity index (χ4n) is 2.50. The summed E-state index contributed by atoms with van der Waals surface area (Å²) in [5.74, 6) is 0.598. The van der Waals surface area contributed by atoms with Gasteiger partial charge in [-0.1, -0.05) is 23.7 Å². The van der Waals surface area contributed by atoms with Crippen LogP contribution >= 0.6 is 79.4 Å². The molecule has 0 aliphatic rings. The molecule has 0 aromatic heterocycles. The molecule has 0 aliphatic carbocycles. The highest BCUT2D eigenvalue weighted by molar-refractivity contribution is 14.1. The Hall–Kier alpha value is -1.12. The normalized spacial score (nSPS) is 10.8. The Balaban J connectivity index is 1.52. The van der Waals surface area contributed by atoms with Gasteiger partial charge >= 0.3 is 0 Å². The number of benzene rings is 3. The number of rotatable bonds is 8. The minimum Gasteiger partial charge on any atom is -0.487 e. The van der Waals surface area contributed by atoms with Crippen molar-refractivity contribution in [1.82, 2.24) is 5.43 Å². The zero-order valence-electron chi connectivity index (χ0n) is 16.0. The zero-order chi connectivity index (χ0) is 22.2. The number of nitrogens with zero attached hydrogens (tertiary/aromatic N) is 1. The molecule has 160 valence electrons. The zero-order valence-corrected chi connectivity index (χ0v) is 23.3. The number of hydrazone groups is 1. The number of carbonyl (C=O) groups is 1. The van der Waals surface area contributed by atoms with Crippen LogP contribution in [0.25, 0.3) is 0 Å². The average Bonchev–Trinajstić information content (AvgIpc) is 2.74. The van der Waals surface area contributed by atoms with Crippen molar-refractivity contribution in [2.75, 3.05) is 11.9 Å². The van der Waals surface area contributed by atoms with E-state index in [2.05, 4.69) is 83.6 Å². The average molecular weight is 772 g/mol. The summed E-state index contributed by atoms with van der Waals surface area (Å²) in [6, 6.07) is 19.3. The van der Waals surface area contributed by atoms with Crippen LogP contribution in [0, 0.1) is 10.7 Å². The highest BCUT2D eigenvalue weighted by Gasteiger charge is 2.09. The molecule has 1 amide bonds. The lowest BCUT2D eigenvalue weighted by Crippen LogP contribution is -2.25. The van der Waals surface area contributed by atoms with Crippen molar-refractivity contribution >= 4 is 97.2 Å². The Morgan fingerprint density at radius 3 is 2.29 bits per heavy atom. The van der Waals surface area contributed by atoms with E-state index in [4.69, 9.17) is 16.3 Å². The molecule has 0 heterocycles. The summed E-state index contributed by atoms with van der Waals surface area (Å²) in [6.07, 6.45) is 1.62. The monoisotopic (exact) mass is 771 g/mol. The van der Waals surface area contributed by atoms with Crippen molar-refractivity contribution in [1.29, 1.82) is 0 Å². The molecular weight excluding hydrogens is 754 g/mol. The predicted molar refractivity (Wildman–Crippen MR) is 151 cm³/mol. The third-order valence-electron chi connectivity index (χ3n) is 4.02. The van der Waals surface area contributed by atoms with Gasteiger partial charge in [-0.15, -0.1) is 0 Å². The van der Waals surface area contributed by atoms with Gasteiger partial charge in [-0.05, 0) is 127 Å². The van der Waals surface area contributed by atoms with E-state index in [-0.39, 0.29) is 12.5 Å². The van der Waals surface area contributed by atoms with Gasteiger partial charge in [0, 0.05) is 14.3 Å². The lowest BCUT2D eigenvalue weighted by atomic mass is 10.2. The summed E-state index contributed by atoms with van der Waals surface area (Å²) in [4.78, 5) is 12.0. The Labute approximate surface area is 226 Å². The van der Waals surface area contributed by atoms with E-state index < -0.39 is 0 Å². The van der Waals surface area contributed by atoms with Gasteiger partial charge in [0.1, 0.15) is 12.4 Å². The minimum absolute atomic E-state index is 0.143. The van der Waals surface area contributed by atoms with Crippen molar-refractivity contribution in [2.45, 2.75) is 6.61 Å². The molecule has 0 spiro atoms. The third kappa shape index (κ3) is 8.06. The largest absolute Gasteiger partial charge is 0.487 e. The summed E-state index contributed by atoms with van der Waals surface area (Å²) in [5.41, 5.74) is 5.34. The maximum atomic E-state index is 12.0. The summed E-state index contributed by atoms with van der Waals surface area (Å²) in [7, 11) is 0. The van der Waals surface area contributed by atoms with E-state index in [1.807, 2.05) is 60.7 Å². The highest BCUT2D eigenvalue weighted by atomic mass is 127. The van der Waals surface area contributed by atoms with Gasteiger partial charge in [0.25, 0.3) is 5.91 Å². The van der Waals surface area contributed by atoms with Gasteiger partial charge in [-0.3, -0.25) is 4.79 Å². The van der Waals surface area contributed by atoms with Crippen LogP contribution in [0.2, 0.25) is 5.02 Å². The Bertz CT molecular complexity index is 1050. The van der Waals surface area contributed by atoms with Crippen molar-refractivity contribution < 1.29 is 9.53 Å². The second-order valence-corrected chi connectivity index (χ2v) is 10.4. The number of hydrogen-bond donors (Lipinski definition) is 2. The van der Waals surface area contributed by atoms with E-state index in [9.17, 15) is 4.79 Å². The topological polar surface area (TPSA) is 62.7 Å². The summed E-state index contributed by atoms with van der Waals surface area (Å²) in [5, 5.41) is 7.82. The first kappa shape index (κ1) is 24.5. The lowest BCUT2D eigenvalue weighted by Gasteiger charge is -2.11. The molecule has 5 nitrogen and oxygen atoms in total. The Morgan fingerprint density at radius 1 is 1.00 bits per heavy atom. The highest BCUT2D eigenvalue weighted by Crippen LogP contribution is 2.29. The molecule has 3 aromatic carbocycles. The molecule has 3 rings (SSSR count). The van der Waals surface area contributed by atoms with Crippen LogP contribution in [0.3, 0.4) is 0 Å². The van der Waals surface area contributed by atoms with Crippen LogP contribution in [-0.2, 0) is 11.4 Å². The number of ether oxygens (including phenoxy) is 1. The van der Waals surface area contributed by atoms with Gasteiger partial charge in [0.15, 0.2) is 0 Å². The minimum atomic E-state index is -0.220. The molecule has 0 fully saturated rings. The van der Waals surface area contributed by atoms with Crippen molar-refractivity contribution in [3.63, 3.8) is 0 Å². The van der Waals surface area contributed by atoms with E-state index in [1.54, 1.807) is 6.21 Å². The third-order valence-corrected chi connectivity index (χ3v) is 6.59. The quantitative estimate of drug-likeness (QED) is 0.161. The first-order chi connectivity index (χ1) is 14.9. The molecule has 3 aromatic rings. The van der Waals surface area contributed by atoms with Crippen LogP contribution in [0.4, 0.5) is 5.69 Å². The van der Waals surface area contributed by atoms with E-state index in [0.29, 0.717) is 11.6 Å².